The molecule has 7 nitrogen and oxygen atoms in total. The highest BCUT2D eigenvalue weighted by molar-refractivity contribution is 7.92. The first-order chi connectivity index (χ1) is 18.0. The second-order valence-corrected chi connectivity index (χ2v) is 11.9. The molecule has 0 aromatic heterocycles. The molecule has 1 N–H and O–H groups in total. The Morgan fingerprint density at radius 1 is 0.868 bits per heavy atom. The van der Waals surface area contributed by atoms with Crippen LogP contribution in [-0.2, 0) is 32.6 Å². The van der Waals surface area contributed by atoms with Crippen molar-refractivity contribution < 1.29 is 18.0 Å². The molecule has 3 rings (SSSR count). The van der Waals surface area contributed by atoms with Gasteiger partial charge in [-0.05, 0) is 41.3 Å². The van der Waals surface area contributed by atoms with E-state index < -0.39 is 28.5 Å². The van der Waals surface area contributed by atoms with Crippen LogP contribution in [0.1, 0.15) is 25.0 Å². The third-order valence-corrected chi connectivity index (χ3v) is 7.34. The number of hydrogen-bond acceptors (Lipinski definition) is 4. The maximum absolute atomic E-state index is 13.9. The summed E-state index contributed by atoms with van der Waals surface area (Å²) in [6.45, 7) is 4.13. The Morgan fingerprint density at radius 2 is 1.42 bits per heavy atom. The molecule has 9 heteroatoms. The maximum atomic E-state index is 13.9. The molecule has 1 atom stereocenters. The Balaban J connectivity index is 2.01. The lowest BCUT2D eigenvalue weighted by Gasteiger charge is -2.33. The summed E-state index contributed by atoms with van der Waals surface area (Å²) < 4.78 is 26.5. The van der Waals surface area contributed by atoms with E-state index in [-0.39, 0.29) is 24.8 Å². The quantitative estimate of drug-likeness (QED) is 0.356. The van der Waals surface area contributed by atoms with Crippen molar-refractivity contribution in [1.29, 1.82) is 0 Å². The minimum atomic E-state index is -3.82. The highest BCUT2D eigenvalue weighted by Crippen LogP contribution is 2.22. The van der Waals surface area contributed by atoms with E-state index in [2.05, 4.69) is 5.32 Å². The predicted molar refractivity (Wildman–Crippen MR) is 152 cm³/mol. The zero-order valence-corrected chi connectivity index (χ0v) is 23.5. The van der Waals surface area contributed by atoms with Gasteiger partial charge in [-0.1, -0.05) is 86.1 Å². The standard InChI is InChI=1S/C29H34ClN3O4S/c1-22(2)19-31-29(35)27(18-23-10-6-4-7-11-23)32(20-24-12-8-5-9-13-24)28(34)21-33(38(3,36)37)26-16-14-25(30)15-17-26/h4-17,22,27H,18-21H2,1-3H3,(H,31,35)/t27-/m1/s1. The van der Waals surface area contributed by atoms with E-state index in [1.807, 2.05) is 74.5 Å². The lowest BCUT2D eigenvalue weighted by Crippen LogP contribution is -2.53. The summed E-state index contributed by atoms with van der Waals surface area (Å²) in [5.41, 5.74) is 2.03. The fraction of sp³-hybridized carbons (Fsp3) is 0.310. The van der Waals surface area contributed by atoms with Crippen LogP contribution < -0.4 is 9.62 Å². The van der Waals surface area contributed by atoms with Gasteiger partial charge in [0.25, 0.3) is 0 Å². The molecular formula is C29H34ClN3O4S. The number of carbonyl (C=O) groups is 2. The average Bonchev–Trinajstić information content (AvgIpc) is 2.89. The summed E-state index contributed by atoms with van der Waals surface area (Å²) in [5, 5.41) is 3.41. The summed E-state index contributed by atoms with van der Waals surface area (Å²) in [6.07, 6.45) is 1.33. The van der Waals surface area contributed by atoms with Gasteiger partial charge in [0.2, 0.25) is 21.8 Å². The van der Waals surface area contributed by atoms with Gasteiger partial charge in [-0.25, -0.2) is 8.42 Å². The van der Waals surface area contributed by atoms with Gasteiger partial charge in [0.15, 0.2) is 0 Å². The predicted octanol–water partition coefficient (Wildman–Crippen LogP) is 4.52. The minimum Gasteiger partial charge on any atom is -0.354 e. The van der Waals surface area contributed by atoms with Crippen molar-refractivity contribution in [3.8, 4) is 0 Å². The van der Waals surface area contributed by atoms with Gasteiger partial charge < -0.3 is 10.2 Å². The molecule has 0 bridgehead atoms. The van der Waals surface area contributed by atoms with E-state index in [1.165, 1.54) is 4.90 Å². The Morgan fingerprint density at radius 3 is 1.95 bits per heavy atom. The average molecular weight is 556 g/mol. The summed E-state index contributed by atoms with van der Waals surface area (Å²) in [6, 6.07) is 24.2. The van der Waals surface area contributed by atoms with Crippen molar-refractivity contribution in [1.82, 2.24) is 10.2 Å². The van der Waals surface area contributed by atoms with Gasteiger partial charge in [0.1, 0.15) is 12.6 Å². The molecule has 0 aliphatic rings. The molecule has 0 radical (unpaired) electrons. The zero-order valence-electron chi connectivity index (χ0n) is 21.9. The second kappa shape index (κ2) is 13.4. The van der Waals surface area contributed by atoms with Crippen LogP contribution in [-0.4, -0.2) is 50.5 Å². The summed E-state index contributed by atoms with van der Waals surface area (Å²) in [4.78, 5) is 28.9. The number of benzene rings is 3. The van der Waals surface area contributed by atoms with Crippen molar-refractivity contribution in [2.75, 3.05) is 23.7 Å². The van der Waals surface area contributed by atoms with Crippen molar-refractivity contribution in [2.45, 2.75) is 32.9 Å². The normalized spacial score (nSPS) is 12.1. The highest BCUT2D eigenvalue weighted by Gasteiger charge is 2.33. The molecule has 3 aromatic carbocycles. The van der Waals surface area contributed by atoms with Gasteiger partial charge in [-0.15, -0.1) is 0 Å². The van der Waals surface area contributed by atoms with Crippen molar-refractivity contribution in [3.05, 3.63) is 101 Å². The summed E-state index contributed by atoms with van der Waals surface area (Å²) in [7, 11) is -3.82. The van der Waals surface area contributed by atoms with Gasteiger partial charge in [-0.3, -0.25) is 13.9 Å². The molecule has 0 fully saturated rings. The molecule has 202 valence electrons. The molecule has 0 heterocycles. The van der Waals surface area contributed by atoms with Crippen LogP contribution in [0.3, 0.4) is 0 Å². The van der Waals surface area contributed by atoms with Gasteiger partial charge in [0, 0.05) is 24.5 Å². The van der Waals surface area contributed by atoms with Gasteiger partial charge >= 0.3 is 0 Å². The number of carbonyl (C=O) groups excluding carboxylic acids is 2. The number of nitrogens with zero attached hydrogens (tertiary/aromatic N) is 2. The Hall–Kier alpha value is -3.36. The molecule has 0 spiro atoms. The fourth-order valence-corrected chi connectivity index (χ4v) is 4.95. The Labute approximate surface area is 230 Å². The number of amides is 2. The molecule has 3 aromatic rings. The van der Waals surface area contributed by atoms with Gasteiger partial charge in [0.05, 0.1) is 11.9 Å². The molecule has 0 unspecified atom stereocenters. The van der Waals surface area contributed by atoms with Crippen LogP contribution in [0, 0.1) is 5.92 Å². The zero-order chi connectivity index (χ0) is 27.7. The van der Waals surface area contributed by atoms with E-state index in [1.54, 1.807) is 24.3 Å². The number of sulfonamides is 1. The van der Waals surface area contributed by atoms with Crippen molar-refractivity contribution >= 4 is 39.1 Å². The van der Waals surface area contributed by atoms with Crippen LogP contribution in [0.5, 0.6) is 0 Å². The van der Waals surface area contributed by atoms with Gasteiger partial charge in [-0.2, -0.15) is 0 Å². The molecule has 0 saturated carbocycles. The minimum absolute atomic E-state index is 0.143. The number of rotatable bonds is 12. The first-order valence-electron chi connectivity index (χ1n) is 12.4. The smallest absolute Gasteiger partial charge is 0.244 e. The van der Waals surface area contributed by atoms with Crippen LogP contribution >= 0.6 is 11.6 Å². The third kappa shape index (κ3) is 8.60. The summed E-state index contributed by atoms with van der Waals surface area (Å²) in [5.74, 6) is -0.556. The molecule has 0 aliphatic heterocycles. The molecule has 2 amide bonds. The largest absolute Gasteiger partial charge is 0.354 e. The van der Waals surface area contributed by atoms with E-state index >= 15 is 0 Å². The lowest BCUT2D eigenvalue weighted by molar-refractivity contribution is -0.140. The molecular weight excluding hydrogens is 522 g/mol. The monoisotopic (exact) mass is 555 g/mol. The number of anilines is 1. The molecule has 0 saturated heterocycles. The van der Waals surface area contributed by atoms with Crippen LogP contribution in [0.15, 0.2) is 84.9 Å². The Bertz CT molecular complexity index is 1300. The highest BCUT2D eigenvalue weighted by atomic mass is 35.5. The lowest BCUT2D eigenvalue weighted by atomic mass is 10.0. The maximum Gasteiger partial charge on any atom is 0.244 e. The summed E-state index contributed by atoms with van der Waals surface area (Å²) >= 11 is 5.99. The van der Waals surface area contributed by atoms with Crippen molar-refractivity contribution in [3.63, 3.8) is 0 Å². The molecule has 0 aliphatic carbocycles. The number of halogens is 1. The SMILES string of the molecule is CC(C)CNC(=O)[C@@H](Cc1ccccc1)N(Cc1ccccc1)C(=O)CN(c1ccc(Cl)cc1)S(C)(=O)=O. The van der Waals surface area contributed by atoms with E-state index in [4.69, 9.17) is 11.6 Å². The topological polar surface area (TPSA) is 86.8 Å². The van der Waals surface area contributed by atoms with E-state index in [0.29, 0.717) is 17.3 Å². The Kier molecular flexibility index (Phi) is 10.3. The van der Waals surface area contributed by atoms with E-state index in [9.17, 15) is 18.0 Å². The van der Waals surface area contributed by atoms with Crippen LogP contribution in [0.25, 0.3) is 0 Å². The van der Waals surface area contributed by atoms with Crippen LogP contribution in [0.4, 0.5) is 5.69 Å². The molecule has 38 heavy (non-hydrogen) atoms. The third-order valence-electron chi connectivity index (χ3n) is 5.95. The number of hydrogen-bond donors (Lipinski definition) is 1. The van der Waals surface area contributed by atoms with E-state index in [0.717, 1.165) is 21.7 Å². The van der Waals surface area contributed by atoms with Crippen molar-refractivity contribution in [2.24, 2.45) is 5.92 Å². The van der Waals surface area contributed by atoms with Crippen LogP contribution in [0.2, 0.25) is 5.02 Å². The first-order valence-corrected chi connectivity index (χ1v) is 14.7. The number of nitrogens with one attached hydrogen (secondary N) is 1. The first kappa shape index (κ1) is 29.2. The fourth-order valence-electron chi connectivity index (χ4n) is 3.98. The second-order valence-electron chi connectivity index (χ2n) is 9.60.